The van der Waals surface area contributed by atoms with Gasteiger partial charge < -0.3 is 15.1 Å². The highest BCUT2D eigenvalue weighted by Crippen LogP contribution is 2.31. The summed E-state index contributed by atoms with van der Waals surface area (Å²) in [6, 6.07) is 1.70. The molecule has 2 aliphatic carbocycles. The Morgan fingerprint density at radius 2 is 1.96 bits per heavy atom. The molecule has 0 spiro atoms. The minimum absolute atomic E-state index is 0.0317. The number of nitrogens with zero attached hydrogens (tertiary/aromatic N) is 4. The van der Waals surface area contributed by atoms with Crippen LogP contribution in [0.2, 0.25) is 0 Å². The summed E-state index contributed by atoms with van der Waals surface area (Å²) in [5.41, 5.74) is 0.421. The van der Waals surface area contributed by atoms with Crippen LogP contribution in [0.3, 0.4) is 0 Å². The number of aryl methyl sites for hydroxylation is 1. The average molecular weight is 345 g/mol. The number of aromatic nitrogens is 2. The van der Waals surface area contributed by atoms with Crippen LogP contribution in [0.4, 0.5) is 5.82 Å². The Morgan fingerprint density at radius 1 is 1.16 bits per heavy atom. The van der Waals surface area contributed by atoms with E-state index in [9.17, 15) is 9.59 Å². The molecule has 0 aromatic carbocycles. The molecular formula is C18H27N5O2. The van der Waals surface area contributed by atoms with Crippen molar-refractivity contribution in [2.75, 3.05) is 38.0 Å². The molecule has 1 aliphatic heterocycles. The number of carbonyl (C=O) groups excluding carboxylic acids is 2. The van der Waals surface area contributed by atoms with Gasteiger partial charge in [0.05, 0.1) is 0 Å². The van der Waals surface area contributed by atoms with Crippen molar-refractivity contribution in [1.29, 1.82) is 0 Å². The van der Waals surface area contributed by atoms with Gasteiger partial charge in [0.1, 0.15) is 5.82 Å². The second-order valence-electron chi connectivity index (χ2n) is 7.69. The molecule has 3 aliphatic rings. The lowest BCUT2D eigenvalue weighted by atomic mass is 10.3. The quantitative estimate of drug-likeness (QED) is 0.874. The molecule has 7 nitrogen and oxygen atoms in total. The van der Waals surface area contributed by atoms with E-state index in [2.05, 4.69) is 15.3 Å². The first-order valence-electron chi connectivity index (χ1n) is 9.46. The summed E-state index contributed by atoms with van der Waals surface area (Å²) in [6.45, 7) is 4.74. The van der Waals surface area contributed by atoms with Gasteiger partial charge in [-0.25, -0.2) is 0 Å². The zero-order valence-corrected chi connectivity index (χ0v) is 14.9. The van der Waals surface area contributed by atoms with Crippen LogP contribution in [0, 0.1) is 11.8 Å². The standard InChI is InChI=1S/C18H27N5O2/c1-21-16(19-17(24)14-5-6-14)11-15(20-21)18(25)23-8-2-7-22(9-10-23)12-13-3-4-13/h11,13-14H,2-10,12H2,1H3,(H,19,24). The van der Waals surface area contributed by atoms with Crippen LogP contribution in [0.15, 0.2) is 6.07 Å². The van der Waals surface area contributed by atoms with Gasteiger partial charge in [-0.1, -0.05) is 0 Å². The maximum atomic E-state index is 12.8. The molecule has 2 heterocycles. The third-order valence-corrected chi connectivity index (χ3v) is 5.39. The Hall–Kier alpha value is -1.89. The normalized spacial score (nSPS) is 21.9. The fourth-order valence-electron chi connectivity index (χ4n) is 3.45. The van der Waals surface area contributed by atoms with E-state index in [1.54, 1.807) is 17.8 Å². The number of rotatable bonds is 5. The molecule has 4 rings (SSSR count). The van der Waals surface area contributed by atoms with Gasteiger partial charge in [-0.15, -0.1) is 0 Å². The highest BCUT2D eigenvalue weighted by atomic mass is 16.2. The van der Waals surface area contributed by atoms with Crippen LogP contribution in [0.1, 0.15) is 42.6 Å². The summed E-state index contributed by atoms with van der Waals surface area (Å²) in [4.78, 5) is 29.1. The van der Waals surface area contributed by atoms with Gasteiger partial charge >= 0.3 is 0 Å². The summed E-state index contributed by atoms with van der Waals surface area (Å²) >= 11 is 0. The third-order valence-electron chi connectivity index (χ3n) is 5.39. The molecule has 1 saturated heterocycles. The fraction of sp³-hybridized carbons (Fsp3) is 0.722. The first-order valence-corrected chi connectivity index (χ1v) is 9.46. The Kier molecular flexibility index (Phi) is 4.50. The topological polar surface area (TPSA) is 70.5 Å². The van der Waals surface area contributed by atoms with Gasteiger partial charge in [-0.2, -0.15) is 5.10 Å². The molecule has 0 atom stereocenters. The van der Waals surface area contributed by atoms with Crippen molar-refractivity contribution in [3.63, 3.8) is 0 Å². The van der Waals surface area contributed by atoms with Crippen LogP contribution >= 0.6 is 0 Å². The van der Waals surface area contributed by atoms with Crippen LogP contribution in [0.25, 0.3) is 0 Å². The van der Waals surface area contributed by atoms with Crippen LogP contribution in [-0.2, 0) is 11.8 Å². The molecule has 25 heavy (non-hydrogen) atoms. The minimum Gasteiger partial charge on any atom is -0.336 e. The molecule has 3 fully saturated rings. The molecule has 2 saturated carbocycles. The van der Waals surface area contributed by atoms with Crippen molar-refractivity contribution in [3.8, 4) is 0 Å². The maximum absolute atomic E-state index is 12.8. The van der Waals surface area contributed by atoms with Crippen LogP contribution < -0.4 is 5.32 Å². The third kappa shape index (κ3) is 4.03. The summed E-state index contributed by atoms with van der Waals surface area (Å²) in [6.07, 6.45) is 5.66. The van der Waals surface area contributed by atoms with Gasteiger partial charge in [0.25, 0.3) is 5.91 Å². The van der Waals surface area contributed by atoms with Gasteiger partial charge in [0, 0.05) is 45.2 Å². The van der Waals surface area contributed by atoms with E-state index in [1.807, 2.05) is 4.90 Å². The molecule has 2 amide bonds. The Labute approximate surface area is 148 Å². The lowest BCUT2D eigenvalue weighted by Crippen LogP contribution is -2.36. The predicted molar refractivity (Wildman–Crippen MR) is 94.2 cm³/mol. The van der Waals surface area contributed by atoms with E-state index in [4.69, 9.17) is 0 Å². The SMILES string of the molecule is Cn1nc(C(=O)N2CCCN(CC3CC3)CC2)cc1NC(=O)C1CC1. The molecule has 1 aromatic rings. The lowest BCUT2D eigenvalue weighted by molar-refractivity contribution is -0.117. The number of amides is 2. The highest BCUT2D eigenvalue weighted by Gasteiger charge is 2.31. The van der Waals surface area contributed by atoms with E-state index in [0.29, 0.717) is 11.5 Å². The zero-order chi connectivity index (χ0) is 17.4. The molecule has 1 aromatic heterocycles. The van der Waals surface area contributed by atoms with Gasteiger partial charge in [0.2, 0.25) is 5.91 Å². The monoisotopic (exact) mass is 345 g/mol. The summed E-state index contributed by atoms with van der Waals surface area (Å²) in [7, 11) is 1.76. The Morgan fingerprint density at radius 3 is 2.68 bits per heavy atom. The van der Waals surface area contributed by atoms with Gasteiger partial charge in [0.15, 0.2) is 5.69 Å². The molecule has 0 unspecified atom stereocenters. The molecule has 1 N–H and O–H groups in total. The van der Waals surface area contributed by atoms with Crippen LogP contribution in [-0.4, -0.2) is 64.1 Å². The number of anilines is 1. The predicted octanol–water partition coefficient (Wildman–Crippen LogP) is 1.33. The first-order chi connectivity index (χ1) is 12.1. The smallest absolute Gasteiger partial charge is 0.274 e. The average Bonchev–Trinajstić information content (AvgIpc) is 3.47. The number of hydrogen-bond acceptors (Lipinski definition) is 4. The maximum Gasteiger partial charge on any atom is 0.274 e. The molecular weight excluding hydrogens is 318 g/mol. The summed E-state index contributed by atoms with van der Waals surface area (Å²) < 4.78 is 1.59. The van der Waals surface area contributed by atoms with E-state index in [1.165, 1.54) is 19.4 Å². The Balaban J connectivity index is 1.37. The van der Waals surface area contributed by atoms with Crippen molar-refractivity contribution < 1.29 is 9.59 Å². The van der Waals surface area contributed by atoms with Crippen molar-refractivity contribution >= 4 is 17.6 Å². The second kappa shape index (κ2) is 6.78. The zero-order valence-electron chi connectivity index (χ0n) is 14.9. The van der Waals surface area contributed by atoms with Crippen LogP contribution in [0.5, 0.6) is 0 Å². The van der Waals surface area contributed by atoms with Crippen molar-refractivity contribution in [2.24, 2.45) is 18.9 Å². The number of nitrogens with one attached hydrogen (secondary N) is 1. The lowest BCUT2D eigenvalue weighted by Gasteiger charge is -2.21. The largest absolute Gasteiger partial charge is 0.336 e. The van der Waals surface area contributed by atoms with E-state index in [0.717, 1.165) is 51.4 Å². The number of carbonyl (C=O) groups is 2. The highest BCUT2D eigenvalue weighted by molar-refractivity contribution is 5.96. The summed E-state index contributed by atoms with van der Waals surface area (Å²) in [5.74, 6) is 1.63. The first kappa shape index (κ1) is 16.6. The van der Waals surface area contributed by atoms with Crippen molar-refractivity contribution in [3.05, 3.63) is 11.8 Å². The summed E-state index contributed by atoms with van der Waals surface area (Å²) in [5, 5.41) is 7.20. The molecule has 7 heteroatoms. The molecule has 0 radical (unpaired) electrons. The molecule has 136 valence electrons. The number of hydrogen-bond donors (Lipinski definition) is 1. The second-order valence-corrected chi connectivity index (χ2v) is 7.69. The van der Waals surface area contributed by atoms with E-state index >= 15 is 0 Å². The van der Waals surface area contributed by atoms with Crippen molar-refractivity contribution in [2.45, 2.75) is 32.1 Å². The van der Waals surface area contributed by atoms with Gasteiger partial charge in [-0.05, 0) is 44.6 Å². The van der Waals surface area contributed by atoms with Gasteiger partial charge in [-0.3, -0.25) is 14.3 Å². The minimum atomic E-state index is -0.0317. The molecule has 0 bridgehead atoms. The Bertz CT molecular complexity index is 662. The van der Waals surface area contributed by atoms with E-state index < -0.39 is 0 Å². The van der Waals surface area contributed by atoms with Crippen molar-refractivity contribution in [1.82, 2.24) is 19.6 Å². The van der Waals surface area contributed by atoms with E-state index in [-0.39, 0.29) is 17.7 Å². The fourth-order valence-corrected chi connectivity index (χ4v) is 3.45.